The molecule has 0 aromatic heterocycles. The highest BCUT2D eigenvalue weighted by Crippen LogP contribution is 2.32. The molecule has 3 aromatic carbocycles. The highest BCUT2D eigenvalue weighted by atomic mass is 19.4. The van der Waals surface area contributed by atoms with E-state index in [0.717, 1.165) is 67.2 Å². The lowest BCUT2D eigenvalue weighted by Crippen LogP contribution is -2.48. The molecule has 200 valence electrons. The van der Waals surface area contributed by atoms with Gasteiger partial charge in [0.15, 0.2) is 11.5 Å². The molecule has 0 unspecified atom stereocenters. The summed E-state index contributed by atoms with van der Waals surface area (Å²) in [6.07, 6.45) is -2.96. The Bertz CT molecular complexity index is 1240. The van der Waals surface area contributed by atoms with Gasteiger partial charge in [-0.2, -0.15) is 13.2 Å². The third kappa shape index (κ3) is 6.39. The standard InChI is InChI=1S/C29H30F3N3O3/c30-29(31,32)23-7-4-8-24(18-23)33-28(36)35(20-21-5-2-1-3-6-21)25-11-13-34(14-12-25)19-22-9-10-26-27(17-22)38-16-15-37-26/h1-10,17-18,25H,11-16,19-20H2,(H,33,36). The molecule has 9 heteroatoms. The molecule has 0 radical (unpaired) electrons. The molecule has 0 spiro atoms. The van der Waals surface area contributed by atoms with Gasteiger partial charge in [-0.1, -0.05) is 42.5 Å². The second kappa shape index (κ2) is 11.3. The number of anilines is 1. The number of carbonyl (C=O) groups is 1. The molecule has 38 heavy (non-hydrogen) atoms. The van der Waals surface area contributed by atoms with Crippen LogP contribution in [0.1, 0.15) is 29.5 Å². The summed E-state index contributed by atoms with van der Waals surface area (Å²) in [6.45, 7) is 3.82. The summed E-state index contributed by atoms with van der Waals surface area (Å²) in [6, 6.07) is 19.9. The van der Waals surface area contributed by atoms with Crippen molar-refractivity contribution in [3.05, 3.63) is 89.5 Å². The molecule has 0 aliphatic carbocycles. The lowest BCUT2D eigenvalue weighted by molar-refractivity contribution is -0.137. The van der Waals surface area contributed by atoms with Crippen molar-refractivity contribution in [1.29, 1.82) is 0 Å². The molecule has 1 N–H and O–H groups in total. The average molecular weight is 526 g/mol. The fourth-order valence-electron chi connectivity index (χ4n) is 4.95. The van der Waals surface area contributed by atoms with E-state index in [1.807, 2.05) is 48.5 Å². The van der Waals surface area contributed by atoms with Crippen molar-refractivity contribution < 1.29 is 27.4 Å². The van der Waals surface area contributed by atoms with E-state index in [1.165, 1.54) is 12.1 Å². The van der Waals surface area contributed by atoms with Gasteiger partial charge in [-0.25, -0.2) is 4.79 Å². The molecule has 1 saturated heterocycles. The molecule has 6 nitrogen and oxygen atoms in total. The molecule has 2 heterocycles. The lowest BCUT2D eigenvalue weighted by atomic mass is 10.0. The number of ether oxygens (including phenoxy) is 2. The van der Waals surface area contributed by atoms with Crippen LogP contribution in [-0.2, 0) is 19.3 Å². The number of hydrogen-bond acceptors (Lipinski definition) is 4. The minimum absolute atomic E-state index is 0.0440. The monoisotopic (exact) mass is 525 g/mol. The van der Waals surface area contributed by atoms with E-state index in [4.69, 9.17) is 9.47 Å². The number of amides is 2. The average Bonchev–Trinajstić information content (AvgIpc) is 2.92. The molecular formula is C29H30F3N3O3. The molecule has 2 amide bonds. The summed E-state index contributed by atoms with van der Waals surface area (Å²) in [5.74, 6) is 1.53. The normalized spacial score (nSPS) is 16.2. The zero-order chi connectivity index (χ0) is 26.5. The SMILES string of the molecule is O=C(Nc1cccc(C(F)(F)F)c1)N(Cc1ccccc1)C1CCN(Cc2ccc3c(c2)OCCO3)CC1. The molecular weight excluding hydrogens is 495 g/mol. The molecule has 0 bridgehead atoms. The first-order chi connectivity index (χ1) is 18.3. The van der Waals surface area contributed by atoms with E-state index in [9.17, 15) is 18.0 Å². The Morgan fingerprint density at radius 2 is 1.63 bits per heavy atom. The van der Waals surface area contributed by atoms with E-state index < -0.39 is 17.8 Å². The van der Waals surface area contributed by atoms with Crippen LogP contribution < -0.4 is 14.8 Å². The van der Waals surface area contributed by atoms with Crippen LogP contribution in [0.3, 0.4) is 0 Å². The van der Waals surface area contributed by atoms with E-state index in [0.29, 0.717) is 19.8 Å². The number of hydrogen-bond donors (Lipinski definition) is 1. The number of piperidine rings is 1. The number of fused-ring (bicyclic) bond motifs is 1. The number of alkyl halides is 3. The number of nitrogens with zero attached hydrogens (tertiary/aromatic N) is 2. The second-order valence-electron chi connectivity index (χ2n) is 9.61. The molecule has 2 aliphatic rings. The fraction of sp³-hybridized carbons (Fsp3) is 0.345. The lowest BCUT2D eigenvalue weighted by Gasteiger charge is -2.38. The van der Waals surface area contributed by atoms with Crippen LogP contribution in [0.5, 0.6) is 11.5 Å². The third-order valence-electron chi connectivity index (χ3n) is 6.91. The van der Waals surface area contributed by atoms with Gasteiger partial charge < -0.3 is 19.7 Å². The van der Waals surface area contributed by atoms with Gasteiger partial charge in [0, 0.05) is 37.9 Å². The van der Waals surface area contributed by atoms with Gasteiger partial charge in [-0.15, -0.1) is 0 Å². The summed E-state index contributed by atoms with van der Waals surface area (Å²) >= 11 is 0. The first-order valence-corrected chi connectivity index (χ1v) is 12.7. The molecule has 2 aliphatic heterocycles. The Morgan fingerprint density at radius 1 is 0.895 bits per heavy atom. The number of likely N-dealkylation sites (tertiary alicyclic amines) is 1. The summed E-state index contributed by atoms with van der Waals surface area (Å²) in [7, 11) is 0. The number of rotatable bonds is 6. The van der Waals surface area contributed by atoms with Crippen LogP contribution in [0.25, 0.3) is 0 Å². The van der Waals surface area contributed by atoms with E-state index in [2.05, 4.69) is 10.2 Å². The smallest absolute Gasteiger partial charge is 0.416 e. The first kappa shape index (κ1) is 25.9. The van der Waals surface area contributed by atoms with Gasteiger partial charge in [0.2, 0.25) is 0 Å². The fourth-order valence-corrected chi connectivity index (χ4v) is 4.95. The molecule has 0 atom stereocenters. The zero-order valence-electron chi connectivity index (χ0n) is 20.9. The summed E-state index contributed by atoms with van der Waals surface area (Å²) in [5, 5.41) is 2.70. The quantitative estimate of drug-likeness (QED) is 0.418. The van der Waals surface area contributed by atoms with E-state index in [-0.39, 0.29) is 11.7 Å². The molecule has 5 rings (SSSR count). The van der Waals surface area contributed by atoms with Crippen molar-refractivity contribution in [2.45, 2.75) is 38.1 Å². The van der Waals surface area contributed by atoms with Crippen LogP contribution in [-0.4, -0.2) is 48.2 Å². The Balaban J connectivity index is 1.25. The maximum atomic E-state index is 13.4. The van der Waals surface area contributed by atoms with Crippen molar-refractivity contribution in [1.82, 2.24) is 9.80 Å². The zero-order valence-corrected chi connectivity index (χ0v) is 20.9. The second-order valence-corrected chi connectivity index (χ2v) is 9.61. The van der Waals surface area contributed by atoms with E-state index >= 15 is 0 Å². The van der Waals surface area contributed by atoms with Crippen molar-refractivity contribution in [2.24, 2.45) is 0 Å². The number of carbonyl (C=O) groups excluding carboxylic acids is 1. The summed E-state index contributed by atoms with van der Waals surface area (Å²) < 4.78 is 50.8. The topological polar surface area (TPSA) is 54.0 Å². The predicted molar refractivity (Wildman–Crippen MR) is 138 cm³/mol. The Kier molecular flexibility index (Phi) is 7.74. The first-order valence-electron chi connectivity index (χ1n) is 12.7. The Morgan fingerprint density at radius 3 is 2.37 bits per heavy atom. The minimum atomic E-state index is -4.48. The number of nitrogens with one attached hydrogen (secondary N) is 1. The highest BCUT2D eigenvalue weighted by molar-refractivity contribution is 5.89. The Labute approximate surface area is 220 Å². The van der Waals surface area contributed by atoms with Crippen molar-refractivity contribution in [3.8, 4) is 11.5 Å². The van der Waals surface area contributed by atoms with Crippen LogP contribution in [0.4, 0.5) is 23.7 Å². The molecule has 3 aromatic rings. The van der Waals surface area contributed by atoms with Gasteiger partial charge in [0.25, 0.3) is 0 Å². The maximum absolute atomic E-state index is 13.4. The number of halogens is 3. The summed E-state index contributed by atoms with van der Waals surface area (Å²) in [4.78, 5) is 17.5. The van der Waals surface area contributed by atoms with Crippen LogP contribution in [0.2, 0.25) is 0 Å². The number of urea groups is 1. The van der Waals surface area contributed by atoms with Crippen molar-refractivity contribution in [2.75, 3.05) is 31.6 Å². The van der Waals surface area contributed by atoms with Gasteiger partial charge >= 0.3 is 12.2 Å². The largest absolute Gasteiger partial charge is 0.486 e. The van der Waals surface area contributed by atoms with Gasteiger partial charge in [-0.3, -0.25) is 4.90 Å². The third-order valence-corrected chi connectivity index (χ3v) is 6.91. The van der Waals surface area contributed by atoms with Crippen LogP contribution in [0.15, 0.2) is 72.8 Å². The highest BCUT2D eigenvalue weighted by Gasteiger charge is 2.32. The number of benzene rings is 3. The van der Waals surface area contributed by atoms with Crippen molar-refractivity contribution >= 4 is 11.7 Å². The molecule has 1 fully saturated rings. The maximum Gasteiger partial charge on any atom is 0.416 e. The minimum Gasteiger partial charge on any atom is -0.486 e. The van der Waals surface area contributed by atoms with Crippen molar-refractivity contribution in [3.63, 3.8) is 0 Å². The van der Waals surface area contributed by atoms with Gasteiger partial charge in [-0.05, 0) is 54.3 Å². The summed E-state index contributed by atoms with van der Waals surface area (Å²) in [5.41, 5.74) is 1.43. The van der Waals surface area contributed by atoms with E-state index in [1.54, 1.807) is 4.90 Å². The van der Waals surface area contributed by atoms with Crippen LogP contribution >= 0.6 is 0 Å². The molecule has 0 saturated carbocycles. The van der Waals surface area contributed by atoms with Crippen LogP contribution in [0, 0.1) is 0 Å². The van der Waals surface area contributed by atoms with Gasteiger partial charge in [0.05, 0.1) is 5.56 Å². The van der Waals surface area contributed by atoms with Gasteiger partial charge in [0.1, 0.15) is 13.2 Å². The Hall–Kier alpha value is -3.72. The predicted octanol–water partition coefficient (Wildman–Crippen LogP) is 6.18.